The molecule has 2 atom stereocenters. The lowest BCUT2D eigenvalue weighted by Gasteiger charge is -2.37. The minimum atomic E-state index is -0.272. The molecule has 128 valence electrons. The van der Waals surface area contributed by atoms with Crippen LogP contribution in [0.5, 0.6) is 5.75 Å². The first-order valence-electron chi connectivity index (χ1n) is 8.76. The third kappa shape index (κ3) is 4.56. The van der Waals surface area contributed by atoms with Gasteiger partial charge in [0.15, 0.2) is 0 Å². The molecule has 0 amide bonds. The fraction of sp³-hybridized carbons (Fsp3) is 0.450. The van der Waals surface area contributed by atoms with E-state index in [0.717, 1.165) is 31.0 Å². The predicted octanol–water partition coefficient (Wildman–Crippen LogP) is 3.40. The van der Waals surface area contributed by atoms with Crippen LogP contribution in [0.2, 0.25) is 0 Å². The molecular weight excluding hydrogens is 300 g/mol. The lowest BCUT2D eigenvalue weighted by atomic mass is 9.97. The van der Waals surface area contributed by atoms with Crippen molar-refractivity contribution in [3.8, 4) is 5.75 Å². The zero-order valence-electron chi connectivity index (χ0n) is 14.3. The Balaban J connectivity index is 1.56. The van der Waals surface area contributed by atoms with Crippen molar-refractivity contribution in [1.82, 2.24) is 9.88 Å². The number of piperidine rings is 1. The summed E-state index contributed by atoms with van der Waals surface area (Å²) in [5.74, 6) is 0.857. The Hall–Kier alpha value is -1.91. The van der Waals surface area contributed by atoms with Gasteiger partial charge >= 0.3 is 0 Å². The summed E-state index contributed by atoms with van der Waals surface area (Å²) in [7, 11) is 0. The van der Waals surface area contributed by atoms with Crippen LogP contribution in [-0.2, 0) is 13.2 Å². The number of hydrogen-bond acceptors (Lipinski definition) is 4. The number of hydrogen-bond donors (Lipinski definition) is 1. The molecule has 24 heavy (non-hydrogen) atoms. The fourth-order valence-corrected chi connectivity index (χ4v) is 3.33. The fourth-order valence-electron chi connectivity index (χ4n) is 3.33. The van der Waals surface area contributed by atoms with E-state index in [4.69, 9.17) is 4.74 Å². The second-order valence-corrected chi connectivity index (χ2v) is 6.53. The number of pyridine rings is 1. The number of aliphatic hydroxyl groups excluding tert-OH is 1. The van der Waals surface area contributed by atoms with Crippen molar-refractivity contribution < 1.29 is 9.84 Å². The van der Waals surface area contributed by atoms with E-state index in [1.54, 1.807) is 6.20 Å². The van der Waals surface area contributed by atoms with Crippen molar-refractivity contribution in [3.05, 3.63) is 59.9 Å². The quantitative estimate of drug-likeness (QED) is 0.884. The second kappa shape index (κ2) is 8.27. The second-order valence-electron chi connectivity index (χ2n) is 6.53. The molecule has 1 aromatic heterocycles. The van der Waals surface area contributed by atoms with E-state index in [2.05, 4.69) is 22.0 Å². The molecule has 4 nitrogen and oxygen atoms in total. The van der Waals surface area contributed by atoms with Crippen molar-refractivity contribution in [2.75, 3.05) is 6.54 Å². The summed E-state index contributed by atoms with van der Waals surface area (Å²) in [6.45, 7) is 4.33. The molecule has 0 saturated carbocycles. The summed E-state index contributed by atoms with van der Waals surface area (Å²) in [4.78, 5) is 6.66. The monoisotopic (exact) mass is 326 g/mol. The van der Waals surface area contributed by atoms with Crippen molar-refractivity contribution in [1.29, 1.82) is 0 Å². The van der Waals surface area contributed by atoms with E-state index in [1.807, 2.05) is 37.3 Å². The van der Waals surface area contributed by atoms with Crippen LogP contribution in [0.15, 0.2) is 48.7 Å². The Morgan fingerprint density at radius 3 is 2.75 bits per heavy atom. The topological polar surface area (TPSA) is 45.6 Å². The van der Waals surface area contributed by atoms with Gasteiger partial charge in [-0.05, 0) is 56.1 Å². The predicted molar refractivity (Wildman–Crippen MR) is 94.7 cm³/mol. The molecule has 0 bridgehead atoms. The molecule has 1 N–H and O–H groups in total. The summed E-state index contributed by atoms with van der Waals surface area (Å²) in [6, 6.07) is 14.4. The molecule has 0 radical (unpaired) electrons. The van der Waals surface area contributed by atoms with Crippen LogP contribution in [0, 0.1) is 0 Å². The van der Waals surface area contributed by atoms with Crippen LogP contribution >= 0.6 is 0 Å². The van der Waals surface area contributed by atoms with E-state index < -0.39 is 0 Å². The summed E-state index contributed by atoms with van der Waals surface area (Å²) < 4.78 is 5.78. The van der Waals surface area contributed by atoms with Crippen molar-refractivity contribution >= 4 is 0 Å². The zero-order chi connectivity index (χ0) is 16.8. The highest BCUT2D eigenvalue weighted by Gasteiger charge is 2.25. The Morgan fingerprint density at radius 1 is 1.21 bits per heavy atom. The Bertz CT molecular complexity index is 613. The van der Waals surface area contributed by atoms with Gasteiger partial charge in [-0.2, -0.15) is 0 Å². The average Bonchev–Trinajstić information content (AvgIpc) is 2.62. The third-order valence-corrected chi connectivity index (χ3v) is 4.64. The maximum atomic E-state index is 9.98. The minimum Gasteiger partial charge on any atom is -0.487 e. The van der Waals surface area contributed by atoms with Gasteiger partial charge in [0.05, 0.1) is 11.8 Å². The molecular formula is C20H26N2O2. The first-order chi connectivity index (χ1) is 11.7. The third-order valence-electron chi connectivity index (χ3n) is 4.64. The first kappa shape index (κ1) is 16.9. The van der Waals surface area contributed by atoms with Crippen molar-refractivity contribution in [2.45, 2.75) is 51.5 Å². The highest BCUT2D eigenvalue weighted by Crippen LogP contribution is 2.23. The first-order valence-corrected chi connectivity index (χ1v) is 8.76. The van der Waals surface area contributed by atoms with Crippen molar-refractivity contribution in [3.63, 3.8) is 0 Å². The lowest BCUT2D eigenvalue weighted by molar-refractivity contribution is 0.0316. The molecule has 3 rings (SSSR count). The van der Waals surface area contributed by atoms with Gasteiger partial charge in [0.1, 0.15) is 12.4 Å². The van der Waals surface area contributed by atoms with Gasteiger partial charge in [-0.15, -0.1) is 0 Å². The van der Waals surface area contributed by atoms with Gasteiger partial charge in [0.25, 0.3) is 0 Å². The van der Waals surface area contributed by atoms with Crippen LogP contribution in [0.3, 0.4) is 0 Å². The molecule has 1 aliphatic heterocycles. The van der Waals surface area contributed by atoms with Crippen LogP contribution < -0.4 is 4.74 Å². The maximum Gasteiger partial charge on any atom is 0.130 e. The summed E-state index contributed by atoms with van der Waals surface area (Å²) in [6.07, 6.45) is 5.02. The van der Waals surface area contributed by atoms with Gasteiger partial charge in [-0.25, -0.2) is 0 Å². The minimum absolute atomic E-state index is 0.272. The van der Waals surface area contributed by atoms with E-state index in [0.29, 0.717) is 6.61 Å². The smallest absolute Gasteiger partial charge is 0.130 e. The van der Waals surface area contributed by atoms with Crippen LogP contribution in [-0.4, -0.2) is 33.7 Å². The highest BCUT2D eigenvalue weighted by atomic mass is 16.5. The van der Waals surface area contributed by atoms with Crippen LogP contribution in [0.25, 0.3) is 0 Å². The van der Waals surface area contributed by atoms with E-state index in [1.165, 1.54) is 18.4 Å². The van der Waals surface area contributed by atoms with Gasteiger partial charge in [0.2, 0.25) is 0 Å². The normalized spacial score (nSPS) is 19.8. The molecule has 1 saturated heterocycles. The van der Waals surface area contributed by atoms with E-state index >= 15 is 0 Å². The SMILES string of the molecule is CC(O)C1CCCCN1Cc1ccc(OCc2ccccn2)cc1. The number of benzene rings is 1. The largest absolute Gasteiger partial charge is 0.487 e. The van der Waals surface area contributed by atoms with Gasteiger partial charge < -0.3 is 9.84 Å². The number of likely N-dealkylation sites (tertiary alicyclic amines) is 1. The Labute approximate surface area is 144 Å². The molecule has 0 spiro atoms. The molecule has 1 fully saturated rings. The van der Waals surface area contributed by atoms with E-state index in [9.17, 15) is 5.11 Å². The highest BCUT2D eigenvalue weighted by molar-refractivity contribution is 5.27. The summed E-state index contributed by atoms with van der Waals surface area (Å²) in [5.41, 5.74) is 2.18. The molecule has 1 aliphatic rings. The number of aliphatic hydroxyl groups is 1. The van der Waals surface area contributed by atoms with Crippen LogP contribution in [0.4, 0.5) is 0 Å². The Kier molecular flexibility index (Phi) is 5.83. The number of nitrogens with zero attached hydrogens (tertiary/aromatic N) is 2. The maximum absolute atomic E-state index is 9.98. The lowest BCUT2D eigenvalue weighted by Crippen LogP contribution is -2.45. The molecule has 1 aromatic carbocycles. The molecule has 2 aromatic rings. The molecule has 2 unspecified atom stereocenters. The molecule has 0 aliphatic carbocycles. The van der Waals surface area contributed by atoms with Crippen molar-refractivity contribution in [2.24, 2.45) is 0 Å². The number of ether oxygens (including phenoxy) is 1. The average molecular weight is 326 g/mol. The van der Waals surface area contributed by atoms with E-state index in [-0.39, 0.29) is 12.1 Å². The summed E-state index contributed by atoms with van der Waals surface area (Å²) in [5, 5.41) is 9.98. The summed E-state index contributed by atoms with van der Waals surface area (Å²) >= 11 is 0. The van der Waals surface area contributed by atoms with Gasteiger partial charge in [-0.1, -0.05) is 24.6 Å². The van der Waals surface area contributed by atoms with Gasteiger partial charge in [0, 0.05) is 18.8 Å². The van der Waals surface area contributed by atoms with Gasteiger partial charge in [-0.3, -0.25) is 9.88 Å². The van der Waals surface area contributed by atoms with Crippen LogP contribution in [0.1, 0.15) is 37.4 Å². The number of aromatic nitrogens is 1. The zero-order valence-corrected chi connectivity index (χ0v) is 14.3. The number of rotatable bonds is 6. The molecule has 2 heterocycles. The Morgan fingerprint density at radius 2 is 2.04 bits per heavy atom. The molecule has 4 heteroatoms. The standard InChI is InChI=1S/C20H26N2O2/c1-16(23)20-7-3-5-13-22(20)14-17-8-10-19(11-9-17)24-15-18-6-2-4-12-21-18/h2,4,6,8-12,16,20,23H,3,5,7,13-15H2,1H3.